The molecular weight excluding hydrogens is 386 g/mol. The highest BCUT2D eigenvalue weighted by Gasteiger charge is 2.24. The molecule has 0 bridgehead atoms. The van der Waals surface area contributed by atoms with Crippen LogP contribution >= 0.6 is 11.8 Å². The predicted molar refractivity (Wildman–Crippen MR) is 105 cm³/mol. The second-order valence-electron chi connectivity index (χ2n) is 5.52. The van der Waals surface area contributed by atoms with Gasteiger partial charge in [0.25, 0.3) is 11.8 Å². The van der Waals surface area contributed by atoms with Gasteiger partial charge in [-0.2, -0.15) is 11.8 Å². The number of carbonyl (C=O) groups is 4. The molecule has 1 aromatic rings. The number of urea groups is 1. The number of ether oxygens (including phenoxy) is 2. The van der Waals surface area contributed by atoms with Gasteiger partial charge in [-0.15, -0.1) is 0 Å². The maximum absolute atomic E-state index is 12.5. The molecule has 10 heteroatoms. The highest BCUT2D eigenvalue weighted by molar-refractivity contribution is 7.98. The van der Waals surface area contributed by atoms with Crippen LogP contribution < -0.4 is 20.7 Å². The first-order chi connectivity index (χ1) is 13.4. The van der Waals surface area contributed by atoms with Crippen LogP contribution in [0, 0.1) is 0 Å². The van der Waals surface area contributed by atoms with E-state index in [2.05, 4.69) is 10.6 Å². The Morgan fingerprint density at radius 3 is 2.54 bits per heavy atom. The van der Waals surface area contributed by atoms with Crippen LogP contribution in [0.2, 0.25) is 0 Å². The summed E-state index contributed by atoms with van der Waals surface area (Å²) in [5.74, 6) is -1.05. The minimum atomic E-state index is -0.942. The third kappa shape index (κ3) is 7.87. The summed E-state index contributed by atoms with van der Waals surface area (Å²) in [6.45, 7) is 1.42. The summed E-state index contributed by atoms with van der Waals surface area (Å²) in [6.07, 6.45) is 2.18. The first-order valence-corrected chi connectivity index (χ1v) is 9.99. The normalized spacial score (nSPS) is 11.1. The summed E-state index contributed by atoms with van der Waals surface area (Å²) in [5, 5.41) is 7.02. The minimum absolute atomic E-state index is 0.279. The van der Waals surface area contributed by atoms with Crippen LogP contribution in [0.25, 0.3) is 0 Å². The van der Waals surface area contributed by atoms with Crippen LogP contribution in [-0.4, -0.2) is 62.1 Å². The standard InChI is InChI=1S/C18H25N3O6S/c1-4-19-18(25)21-15(22)11-27-17(24)13(9-10-28-3)20-16(23)12-7-5-6-8-14(12)26-2/h5-8,13H,4,9-11H2,1-3H3,(H,20,23)(H2,19,21,22,25)/t13-/m0/s1. The Kier molecular flexibility index (Phi) is 10.5. The van der Waals surface area contributed by atoms with Crippen LogP contribution in [0.1, 0.15) is 23.7 Å². The fourth-order valence-corrected chi connectivity index (χ4v) is 2.63. The molecule has 1 rings (SSSR count). The van der Waals surface area contributed by atoms with Gasteiger partial charge in [-0.25, -0.2) is 9.59 Å². The summed E-state index contributed by atoms with van der Waals surface area (Å²) in [7, 11) is 1.44. The van der Waals surface area contributed by atoms with Crippen LogP contribution in [-0.2, 0) is 14.3 Å². The molecule has 0 aliphatic rings. The first-order valence-electron chi connectivity index (χ1n) is 8.60. The molecule has 0 unspecified atom stereocenters. The monoisotopic (exact) mass is 411 g/mol. The predicted octanol–water partition coefficient (Wildman–Crippen LogP) is 0.936. The quantitative estimate of drug-likeness (QED) is 0.490. The molecule has 0 aliphatic heterocycles. The minimum Gasteiger partial charge on any atom is -0.496 e. The number of carbonyl (C=O) groups excluding carboxylic acids is 4. The topological polar surface area (TPSA) is 123 Å². The molecule has 154 valence electrons. The SMILES string of the molecule is CCNC(=O)NC(=O)COC(=O)[C@H](CCSC)NC(=O)c1ccccc1OC. The molecule has 0 spiro atoms. The molecule has 28 heavy (non-hydrogen) atoms. The number of amides is 4. The van der Waals surface area contributed by atoms with Crippen molar-refractivity contribution in [2.75, 3.05) is 32.3 Å². The molecule has 3 N–H and O–H groups in total. The Balaban J connectivity index is 2.70. The lowest BCUT2D eigenvalue weighted by atomic mass is 10.1. The van der Waals surface area contributed by atoms with Crippen molar-refractivity contribution < 1.29 is 28.7 Å². The fraction of sp³-hybridized carbons (Fsp3) is 0.444. The molecule has 0 heterocycles. The lowest BCUT2D eigenvalue weighted by Gasteiger charge is -2.18. The summed E-state index contributed by atoms with van der Waals surface area (Å²) in [6, 6.07) is 5.00. The number of hydrogen-bond acceptors (Lipinski definition) is 7. The third-order valence-electron chi connectivity index (χ3n) is 3.49. The molecule has 1 atom stereocenters. The van der Waals surface area contributed by atoms with Gasteiger partial charge < -0.3 is 20.1 Å². The third-order valence-corrected chi connectivity index (χ3v) is 4.13. The number of para-hydroxylation sites is 1. The Labute approximate surface area is 167 Å². The van der Waals surface area contributed by atoms with Crippen molar-refractivity contribution in [1.82, 2.24) is 16.0 Å². The molecule has 1 aromatic carbocycles. The van der Waals surface area contributed by atoms with Crippen molar-refractivity contribution in [2.45, 2.75) is 19.4 Å². The largest absolute Gasteiger partial charge is 0.496 e. The van der Waals surface area contributed by atoms with E-state index in [1.54, 1.807) is 31.2 Å². The van der Waals surface area contributed by atoms with Gasteiger partial charge in [-0.05, 0) is 37.5 Å². The van der Waals surface area contributed by atoms with Gasteiger partial charge in [0.2, 0.25) is 0 Å². The summed E-state index contributed by atoms with van der Waals surface area (Å²) in [4.78, 5) is 47.8. The van der Waals surface area contributed by atoms with Crippen molar-refractivity contribution >= 4 is 35.6 Å². The van der Waals surface area contributed by atoms with Gasteiger partial charge in [0.05, 0.1) is 12.7 Å². The highest BCUT2D eigenvalue weighted by atomic mass is 32.2. The van der Waals surface area contributed by atoms with Gasteiger partial charge in [-0.3, -0.25) is 14.9 Å². The second-order valence-corrected chi connectivity index (χ2v) is 6.51. The van der Waals surface area contributed by atoms with Gasteiger partial charge in [0.1, 0.15) is 11.8 Å². The Bertz CT molecular complexity index is 698. The van der Waals surface area contributed by atoms with Crippen molar-refractivity contribution in [2.24, 2.45) is 0 Å². The number of thioether (sulfide) groups is 1. The average Bonchev–Trinajstić information content (AvgIpc) is 2.69. The number of hydrogen-bond donors (Lipinski definition) is 3. The van der Waals surface area contributed by atoms with E-state index in [0.717, 1.165) is 0 Å². The smallest absolute Gasteiger partial charge is 0.329 e. The van der Waals surface area contributed by atoms with E-state index < -0.39 is 36.5 Å². The number of rotatable bonds is 10. The maximum atomic E-state index is 12.5. The zero-order valence-electron chi connectivity index (χ0n) is 16.1. The van der Waals surface area contributed by atoms with Crippen LogP contribution in [0.3, 0.4) is 0 Å². The molecule has 0 aromatic heterocycles. The number of nitrogens with one attached hydrogen (secondary N) is 3. The van der Waals surface area contributed by atoms with Crippen molar-refractivity contribution in [3.05, 3.63) is 29.8 Å². The molecule has 0 fully saturated rings. The molecule has 0 aliphatic carbocycles. The lowest BCUT2D eigenvalue weighted by molar-refractivity contribution is -0.150. The van der Waals surface area contributed by atoms with Gasteiger partial charge in [0, 0.05) is 6.54 Å². The van der Waals surface area contributed by atoms with Gasteiger partial charge in [0.15, 0.2) is 6.61 Å². The molecule has 0 saturated heterocycles. The number of methoxy groups -OCH3 is 1. The number of benzene rings is 1. The lowest BCUT2D eigenvalue weighted by Crippen LogP contribution is -2.45. The Morgan fingerprint density at radius 2 is 1.89 bits per heavy atom. The number of esters is 1. The van der Waals surface area contributed by atoms with E-state index in [9.17, 15) is 19.2 Å². The van der Waals surface area contributed by atoms with Crippen LogP contribution in [0.15, 0.2) is 24.3 Å². The zero-order valence-corrected chi connectivity index (χ0v) is 16.9. The van der Waals surface area contributed by atoms with Crippen LogP contribution in [0.4, 0.5) is 4.79 Å². The van der Waals surface area contributed by atoms with Crippen molar-refractivity contribution in [3.63, 3.8) is 0 Å². The van der Waals surface area contributed by atoms with Crippen molar-refractivity contribution in [3.8, 4) is 5.75 Å². The molecule has 4 amide bonds. The molecule has 0 radical (unpaired) electrons. The van der Waals surface area contributed by atoms with Crippen LogP contribution in [0.5, 0.6) is 5.75 Å². The van der Waals surface area contributed by atoms with E-state index in [1.165, 1.54) is 18.9 Å². The summed E-state index contributed by atoms with van der Waals surface area (Å²) in [5.41, 5.74) is 0.279. The van der Waals surface area contributed by atoms with Crippen molar-refractivity contribution in [1.29, 1.82) is 0 Å². The average molecular weight is 411 g/mol. The number of imide groups is 1. The van der Waals surface area contributed by atoms with E-state index in [-0.39, 0.29) is 5.56 Å². The van der Waals surface area contributed by atoms with E-state index in [1.807, 2.05) is 11.6 Å². The Morgan fingerprint density at radius 1 is 1.18 bits per heavy atom. The van der Waals surface area contributed by atoms with E-state index in [4.69, 9.17) is 9.47 Å². The zero-order chi connectivity index (χ0) is 20.9. The van der Waals surface area contributed by atoms with Gasteiger partial charge in [-0.1, -0.05) is 12.1 Å². The van der Waals surface area contributed by atoms with Gasteiger partial charge >= 0.3 is 12.0 Å². The molecular formula is C18H25N3O6S. The highest BCUT2D eigenvalue weighted by Crippen LogP contribution is 2.17. The van der Waals surface area contributed by atoms with E-state index >= 15 is 0 Å². The summed E-state index contributed by atoms with van der Waals surface area (Å²) < 4.78 is 10.1. The molecule has 9 nitrogen and oxygen atoms in total. The Hall–Kier alpha value is -2.75. The van der Waals surface area contributed by atoms with E-state index in [0.29, 0.717) is 24.5 Å². The maximum Gasteiger partial charge on any atom is 0.329 e. The molecule has 0 saturated carbocycles. The first kappa shape index (κ1) is 23.3. The fourth-order valence-electron chi connectivity index (χ4n) is 2.16. The summed E-state index contributed by atoms with van der Waals surface area (Å²) >= 11 is 1.50. The second kappa shape index (κ2) is 12.6.